The van der Waals surface area contributed by atoms with E-state index in [9.17, 15) is 4.79 Å². The zero-order valence-electron chi connectivity index (χ0n) is 10.7. The summed E-state index contributed by atoms with van der Waals surface area (Å²) in [6.07, 6.45) is 1.50. The molecular formula is C14H20N2OS. The molecule has 3 nitrogen and oxygen atoms in total. The van der Waals surface area contributed by atoms with Gasteiger partial charge in [0.25, 0.3) is 0 Å². The summed E-state index contributed by atoms with van der Waals surface area (Å²) in [5.74, 6) is 2.29. The van der Waals surface area contributed by atoms with Crippen LogP contribution in [-0.2, 0) is 11.2 Å². The Morgan fingerprint density at radius 3 is 3.06 bits per heavy atom. The molecule has 4 heteroatoms. The molecule has 1 aromatic rings. The van der Waals surface area contributed by atoms with E-state index in [1.807, 2.05) is 30.0 Å². The Morgan fingerprint density at radius 1 is 1.50 bits per heavy atom. The number of para-hydroxylation sites is 1. The van der Waals surface area contributed by atoms with E-state index in [4.69, 9.17) is 0 Å². The molecule has 1 amide bonds. The van der Waals surface area contributed by atoms with Crippen LogP contribution in [0.5, 0.6) is 0 Å². The molecule has 0 aromatic heterocycles. The van der Waals surface area contributed by atoms with Crippen molar-refractivity contribution in [3.05, 3.63) is 29.8 Å². The summed E-state index contributed by atoms with van der Waals surface area (Å²) in [5.41, 5.74) is 2.14. The van der Waals surface area contributed by atoms with Gasteiger partial charge in [-0.2, -0.15) is 11.8 Å². The van der Waals surface area contributed by atoms with E-state index in [0.29, 0.717) is 12.5 Å². The van der Waals surface area contributed by atoms with Crippen molar-refractivity contribution >= 4 is 23.4 Å². The van der Waals surface area contributed by atoms with E-state index < -0.39 is 0 Å². The van der Waals surface area contributed by atoms with Crippen molar-refractivity contribution in [2.45, 2.75) is 25.8 Å². The normalized spacial score (nSPS) is 19.5. The smallest absolute Gasteiger partial charge is 0.225 e. The summed E-state index contributed by atoms with van der Waals surface area (Å²) in [7, 11) is 0. The lowest BCUT2D eigenvalue weighted by Gasteiger charge is -2.22. The lowest BCUT2D eigenvalue weighted by Crippen LogP contribution is -2.39. The number of thioether (sulfide) groups is 1. The fourth-order valence-electron chi connectivity index (χ4n) is 2.13. The molecule has 1 saturated heterocycles. The maximum Gasteiger partial charge on any atom is 0.225 e. The van der Waals surface area contributed by atoms with Gasteiger partial charge in [0, 0.05) is 36.2 Å². The third kappa shape index (κ3) is 3.75. The first kappa shape index (κ1) is 13.4. The lowest BCUT2D eigenvalue weighted by atomic mass is 10.1. The summed E-state index contributed by atoms with van der Waals surface area (Å²) in [5, 5.41) is 6.40. The first-order chi connectivity index (χ1) is 8.79. The first-order valence-electron chi connectivity index (χ1n) is 6.48. The predicted molar refractivity (Wildman–Crippen MR) is 78.2 cm³/mol. The van der Waals surface area contributed by atoms with Crippen molar-refractivity contribution in [3.8, 4) is 0 Å². The van der Waals surface area contributed by atoms with Crippen LogP contribution < -0.4 is 10.6 Å². The molecule has 18 heavy (non-hydrogen) atoms. The third-order valence-electron chi connectivity index (χ3n) is 3.10. The number of aryl methyl sites for hydroxylation is 1. The van der Waals surface area contributed by atoms with Crippen molar-refractivity contribution in [1.29, 1.82) is 0 Å². The van der Waals surface area contributed by atoms with Gasteiger partial charge in [-0.15, -0.1) is 0 Å². The van der Waals surface area contributed by atoms with Crippen LogP contribution in [0.2, 0.25) is 0 Å². The fraction of sp³-hybridized carbons (Fsp3) is 0.500. The van der Waals surface area contributed by atoms with Gasteiger partial charge in [-0.3, -0.25) is 4.79 Å². The highest BCUT2D eigenvalue weighted by atomic mass is 32.2. The summed E-state index contributed by atoms with van der Waals surface area (Å²) < 4.78 is 0. The van der Waals surface area contributed by atoms with Crippen LogP contribution in [0.15, 0.2) is 24.3 Å². The number of carbonyl (C=O) groups excluding carboxylic acids is 1. The van der Waals surface area contributed by atoms with Gasteiger partial charge in [-0.25, -0.2) is 0 Å². The van der Waals surface area contributed by atoms with E-state index in [0.717, 1.165) is 30.2 Å². The number of hydrogen-bond donors (Lipinski definition) is 2. The maximum absolute atomic E-state index is 12.0. The molecule has 98 valence electrons. The van der Waals surface area contributed by atoms with Gasteiger partial charge in [0.1, 0.15) is 0 Å². The van der Waals surface area contributed by atoms with Crippen molar-refractivity contribution in [1.82, 2.24) is 5.32 Å². The molecule has 1 heterocycles. The predicted octanol–water partition coefficient (Wildman–Crippen LogP) is 2.28. The molecule has 1 fully saturated rings. The van der Waals surface area contributed by atoms with Crippen molar-refractivity contribution < 1.29 is 4.79 Å². The number of amides is 1. The number of hydrogen-bond acceptors (Lipinski definition) is 3. The highest BCUT2D eigenvalue weighted by Gasteiger charge is 2.17. The molecule has 2 N–H and O–H groups in total. The van der Waals surface area contributed by atoms with Gasteiger partial charge in [-0.1, -0.05) is 25.1 Å². The Morgan fingerprint density at radius 2 is 2.33 bits per heavy atom. The highest BCUT2D eigenvalue weighted by Crippen LogP contribution is 2.17. The van der Waals surface area contributed by atoms with Crippen LogP contribution in [0.3, 0.4) is 0 Å². The molecule has 0 spiro atoms. The average molecular weight is 264 g/mol. The largest absolute Gasteiger partial charge is 0.326 e. The number of nitrogens with one attached hydrogen (secondary N) is 2. The van der Waals surface area contributed by atoms with Gasteiger partial charge in [0.2, 0.25) is 5.91 Å². The van der Waals surface area contributed by atoms with Gasteiger partial charge in [0.05, 0.1) is 0 Å². The number of carbonyl (C=O) groups is 1. The Bertz CT molecular complexity index is 403. The molecule has 0 bridgehead atoms. The monoisotopic (exact) mass is 264 g/mol. The Labute approximate surface area is 113 Å². The fourth-order valence-corrected chi connectivity index (χ4v) is 3.08. The standard InChI is InChI=1S/C14H20N2OS/c1-2-11-5-3-4-6-13(11)16-14(17)9-12-10-18-8-7-15-12/h3-6,12,15H,2,7-10H2,1H3,(H,16,17). The second-order valence-electron chi connectivity index (χ2n) is 4.49. The van der Waals surface area contributed by atoms with E-state index in [2.05, 4.69) is 23.6 Å². The summed E-state index contributed by atoms with van der Waals surface area (Å²) in [6, 6.07) is 8.32. The van der Waals surface area contributed by atoms with Gasteiger partial charge < -0.3 is 10.6 Å². The zero-order valence-corrected chi connectivity index (χ0v) is 11.6. The van der Waals surface area contributed by atoms with E-state index in [1.165, 1.54) is 5.56 Å². The number of benzene rings is 1. The van der Waals surface area contributed by atoms with Crippen LogP contribution in [0, 0.1) is 0 Å². The SMILES string of the molecule is CCc1ccccc1NC(=O)CC1CSCCN1. The van der Waals surface area contributed by atoms with Gasteiger partial charge in [-0.05, 0) is 18.1 Å². The second kappa shape index (κ2) is 6.81. The van der Waals surface area contributed by atoms with Crippen molar-refractivity contribution in [3.63, 3.8) is 0 Å². The molecule has 1 aromatic carbocycles. The minimum atomic E-state index is 0.107. The summed E-state index contributed by atoms with van der Waals surface area (Å²) in [4.78, 5) is 12.0. The van der Waals surface area contributed by atoms with Crippen molar-refractivity contribution in [2.75, 3.05) is 23.4 Å². The summed E-state index contributed by atoms with van der Waals surface area (Å²) >= 11 is 1.92. The molecule has 1 unspecified atom stereocenters. The Balaban J connectivity index is 1.90. The van der Waals surface area contributed by atoms with E-state index in [-0.39, 0.29) is 5.91 Å². The van der Waals surface area contributed by atoms with Crippen LogP contribution in [0.1, 0.15) is 18.9 Å². The molecule has 1 aliphatic heterocycles. The minimum absolute atomic E-state index is 0.107. The molecule has 0 radical (unpaired) electrons. The molecule has 1 atom stereocenters. The quantitative estimate of drug-likeness (QED) is 0.876. The first-order valence-corrected chi connectivity index (χ1v) is 7.64. The van der Waals surface area contributed by atoms with Crippen LogP contribution >= 0.6 is 11.8 Å². The second-order valence-corrected chi connectivity index (χ2v) is 5.64. The molecule has 0 aliphatic carbocycles. The average Bonchev–Trinajstić information content (AvgIpc) is 2.40. The van der Waals surface area contributed by atoms with Crippen LogP contribution in [0.4, 0.5) is 5.69 Å². The number of anilines is 1. The Hall–Kier alpha value is -1.000. The number of rotatable bonds is 4. The maximum atomic E-state index is 12.0. The van der Waals surface area contributed by atoms with Crippen LogP contribution in [-0.4, -0.2) is 30.0 Å². The summed E-state index contributed by atoms with van der Waals surface area (Å²) in [6.45, 7) is 3.11. The van der Waals surface area contributed by atoms with Crippen LogP contribution in [0.25, 0.3) is 0 Å². The van der Waals surface area contributed by atoms with Gasteiger partial charge >= 0.3 is 0 Å². The van der Waals surface area contributed by atoms with Gasteiger partial charge in [0.15, 0.2) is 0 Å². The zero-order chi connectivity index (χ0) is 12.8. The molecule has 0 saturated carbocycles. The minimum Gasteiger partial charge on any atom is -0.326 e. The van der Waals surface area contributed by atoms with E-state index in [1.54, 1.807) is 0 Å². The Kier molecular flexibility index (Phi) is 5.08. The topological polar surface area (TPSA) is 41.1 Å². The highest BCUT2D eigenvalue weighted by molar-refractivity contribution is 7.99. The lowest BCUT2D eigenvalue weighted by molar-refractivity contribution is -0.116. The molecular weight excluding hydrogens is 244 g/mol. The molecule has 2 rings (SSSR count). The third-order valence-corrected chi connectivity index (χ3v) is 4.23. The molecule has 1 aliphatic rings. The van der Waals surface area contributed by atoms with Crippen molar-refractivity contribution in [2.24, 2.45) is 0 Å². The van der Waals surface area contributed by atoms with E-state index >= 15 is 0 Å².